The number of hydrogen-bond acceptors (Lipinski definition) is 6. The minimum atomic E-state index is -1.54. The number of fused-ring (bicyclic) bond motifs is 3. The quantitative estimate of drug-likeness (QED) is 0.519. The van der Waals surface area contributed by atoms with Crippen LogP contribution in [-0.2, 0) is 15.9 Å². The Balaban J connectivity index is 1.60. The summed E-state index contributed by atoms with van der Waals surface area (Å²) in [6.07, 6.45) is 7.70. The van der Waals surface area contributed by atoms with E-state index in [4.69, 9.17) is 9.47 Å². The van der Waals surface area contributed by atoms with Crippen LogP contribution in [0.3, 0.4) is 0 Å². The van der Waals surface area contributed by atoms with Gasteiger partial charge in [0.2, 0.25) is 0 Å². The highest BCUT2D eigenvalue weighted by Gasteiger charge is 2.49. The maximum Gasteiger partial charge on any atom is 0.338 e. The summed E-state index contributed by atoms with van der Waals surface area (Å²) in [7, 11) is 0. The van der Waals surface area contributed by atoms with Gasteiger partial charge < -0.3 is 19.9 Å². The van der Waals surface area contributed by atoms with Crippen molar-refractivity contribution in [2.45, 2.75) is 69.5 Å². The average Bonchev–Trinajstić information content (AvgIpc) is 3.16. The summed E-state index contributed by atoms with van der Waals surface area (Å²) < 4.78 is 12.0. The number of aryl methyl sites for hydroxylation is 1. The third kappa shape index (κ3) is 4.90. The standard InChI is InChI=1S/C23H29NO5S/c1-15-6-2-3-7-16-8-4-5-9-19(16)21(25)28-18-12-17(11-10-15)29-23(27,13-18)20-14-30-22(26)24-20/h2,4-6,8-9,15,17-18,20,27H,3,7,10-14H2,1H3,(H,24,26)/b6-2-/t15-,17-,18-,20+,23-/m1/s1. The highest BCUT2D eigenvalue weighted by molar-refractivity contribution is 8.14. The number of benzene rings is 1. The van der Waals surface area contributed by atoms with Gasteiger partial charge in [0, 0.05) is 18.6 Å². The molecule has 1 amide bonds. The molecule has 3 heterocycles. The molecule has 0 saturated carbocycles. The first-order valence-corrected chi connectivity index (χ1v) is 11.7. The Kier molecular flexibility index (Phi) is 6.51. The summed E-state index contributed by atoms with van der Waals surface area (Å²) in [6, 6.07) is 7.03. The van der Waals surface area contributed by atoms with Gasteiger partial charge in [-0.25, -0.2) is 4.79 Å². The average molecular weight is 432 g/mol. The first-order chi connectivity index (χ1) is 14.4. The van der Waals surface area contributed by atoms with Gasteiger partial charge in [0.15, 0.2) is 5.79 Å². The molecule has 2 fully saturated rings. The first-order valence-electron chi connectivity index (χ1n) is 10.7. The molecule has 7 heteroatoms. The molecule has 0 unspecified atom stereocenters. The Labute approximate surface area is 181 Å². The van der Waals surface area contributed by atoms with E-state index < -0.39 is 17.9 Å². The lowest BCUT2D eigenvalue weighted by Crippen LogP contribution is -2.58. The van der Waals surface area contributed by atoms with Crippen LogP contribution in [0.2, 0.25) is 0 Å². The van der Waals surface area contributed by atoms with E-state index in [0.717, 1.165) is 43.0 Å². The van der Waals surface area contributed by atoms with Crippen LogP contribution in [0, 0.1) is 5.92 Å². The predicted molar refractivity (Wildman–Crippen MR) is 115 cm³/mol. The number of esters is 1. The third-order valence-electron chi connectivity index (χ3n) is 6.13. The molecule has 4 rings (SSSR count). The number of ether oxygens (including phenoxy) is 2. The van der Waals surface area contributed by atoms with Crippen molar-refractivity contribution in [2.75, 3.05) is 5.75 Å². The minimum absolute atomic E-state index is 0.151. The van der Waals surface area contributed by atoms with E-state index in [1.54, 1.807) is 6.07 Å². The summed E-state index contributed by atoms with van der Waals surface area (Å²) in [4.78, 5) is 24.7. The smallest absolute Gasteiger partial charge is 0.338 e. The fourth-order valence-corrected chi connectivity index (χ4v) is 5.36. The number of rotatable bonds is 1. The van der Waals surface area contributed by atoms with Gasteiger partial charge in [0.05, 0.1) is 17.7 Å². The van der Waals surface area contributed by atoms with Crippen LogP contribution in [0.25, 0.3) is 0 Å². The van der Waals surface area contributed by atoms with E-state index in [9.17, 15) is 14.7 Å². The second-order valence-corrected chi connectivity index (χ2v) is 9.52. The minimum Gasteiger partial charge on any atom is -0.458 e. The van der Waals surface area contributed by atoms with Crippen LogP contribution in [0.15, 0.2) is 36.4 Å². The Morgan fingerprint density at radius 2 is 2.03 bits per heavy atom. The number of carbonyl (C=O) groups excluding carboxylic acids is 2. The molecule has 5 atom stereocenters. The van der Waals surface area contributed by atoms with Crippen molar-refractivity contribution in [3.05, 3.63) is 47.5 Å². The largest absolute Gasteiger partial charge is 0.458 e. The van der Waals surface area contributed by atoms with E-state index in [1.165, 1.54) is 0 Å². The van der Waals surface area contributed by atoms with Gasteiger partial charge in [-0.2, -0.15) is 0 Å². The Bertz CT molecular complexity index is 828. The molecule has 2 bridgehead atoms. The lowest BCUT2D eigenvalue weighted by atomic mass is 9.90. The molecule has 0 spiro atoms. The first kappa shape index (κ1) is 21.4. The molecule has 1 aromatic carbocycles. The van der Waals surface area contributed by atoms with E-state index in [1.807, 2.05) is 18.2 Å². The Hall–Kier alpha value is -1.83. The van der Waals surface area contributed by atoms with Crippen LogP contribution in [-0.4, -0.2) is 46.1 Å². The molecule has 0 aliphatic carbocycles. The zero-order valence-corrected chi connectivity index (χ0v) is 18.0. The molecule has 0 aromatic heterocycles. The molecule has 162 valence electrons. The van der Waals surface area contributed by atoms with E-state index >= 15 is 0 Å². The number of amides is 1. The molecular formula is C23H29NO5S. The Morgan fingerprint density at radius 3 is 2.83 bits per heavy atom. The maximum atomic E-state index is 13.0. The maximum absolute atomic E-state index is 13.0. The van der Waals surface area contributed by atoms with Crippen molar-refractivity contribution in [3.63, 3.8) is 0 Å². The van der Waals surface area contributed by atoms with E-state index in [0.29, 0.717) is 23.7 Å². The van der Waals surface area contributed by atoms with Crippen molar-refractivity contribution in [1.82, 2.24) is 5.32 Å². The normalized spacial score (nSPS) is 36.2. The van der Waals surface area contributed by atoms with Gasteiger partial charge in [0.25, 0.3) is 5.24 Å². The van der Waals surface area contributed by atoms with Crippen molar-refractivity contribution in [2.24, 2.45) is 5.92 Å². The van der Waals surface area contributed by atoms with Crippen LogP contribution in [0.1, 0.15) is 54.9 Å². The number of allylic oxidation sites excluding steroid dienone is 2. The molecule has 1 aromatic rings. The number of thioether (sulfide) groups is 1. The van der Waals surface area contributed by atoms with Gasteiger partial charge in [-0.1, -0.05) is 49.0 Å². The topological polar surface area (TPSA) is 84.9 Å². The van der Waals surface area contributed by atoms with Gasteiger partial charge in [-0.3, -0.25) is 4.79 Å². The fraction of sp³-hybridized carbons (Fsp3) is 0.565. The third-order valence-corrected chi connectivity index (χ3v) is 7.01. The lowest BCUT2D eigenvalue weighted by Gasteiger charge is -2.43. The van der Waals surface area contributed by atoms with Crippen LogP contribution in [0.4, 0.5) is 4.79 Å². The fourth-order valence-electron chi connectivity index (χ4n) is 4.47. The van der Waals surface area contributed by atoms with Crippen molar-refractivity contribution < 1.29 is 24.2 Å². The van der Waals surface area contributed by atoms with Crippen LogP contribution < -0.4 is 5.32 Å². The van der Waals surface area contributed by atoms with E-state index in [2.05, 4.69) is 24.4 Å². The highest BCUT2D eigenvalue weighted by Crippen LogP contribution is 2.37. The van der Waals surface area contributed by atoms with E-state index in [-0.39, 0.29) is 23.7 Å². The molecule has 0 radical (unpaired) electrons. The second-order valence-electron chi connectivity index (χ2n) is 8.53. The van der Waals surface area contributed by atoms with Crippen molar-refractivity contribution in [1.29, 1.82) is 0 Å². The van der Waals surface area contributed by atoms with Crippen molar-refractivity contribution >= 4 is 23.0 Å². The number of hydrogen-bond donors (Lipinski definition) is 2. The number of aliphatic hydroxyl groups is 1. The van der Waals surface area contributed by atoms with Gasteiger partial charge in [-0.05, 0) is 43.2 Å². The molecule has 2 saturated heterocycles. The molecule has 30 heavy (non-hydrogen) atoms. The molecular weight excluding hydrogens is 402 g/mol. The monoisotopic (exact) mass is 431 g/mol. The van der Waals surface area contributed by atoms with Crippen LogP contribution in [0.5, 0.6) is 0 Å². The van der Waals surface area contributed by atoms with Crippen molar-refractivity contribution in [3.8, 4) is 0 Å². The van der Waals surface area contributed by atoms with Gasteiger partial charge >= 0.3 is 5.97 Å². The molecule has 3 aliphatic heterocycles. The summed E-state index contributed by atoms with van der Waals surface area (Å²) >= 11 is 1.14. The highest BCUT2D eigenvalue weighted by atomic mass is 32.2. The summed E-state index contributed by atoms with van der Waals surface area (Å²) in [5, 5.41) is 13.9. The molecule has 2 N–H and O–H groups in total. The zero-order valence-electron chi connectivity index (χ0n) is 17.2. The lowest BCUT2D eigenvalue weighted by molar-refractivity contribution is -0.282. The summed E-state index contributed by atoms with van der Waals surface area (Å²) in [6.45, 7) is 2.18. The predicted octanol–water partition coefficient (Wildman–Crippen LogP) is 3.82. The van der Waals surface area contributed by atoms with Gasteiger partial charge in [0.1, 0.15) is 6.10 Å². The summed E-state index contributed by atoms with van der Waals surface area (Å²) in [5.74, 6) is -1.07. The van der Waals surface area contributed by atoms with Gasteiger partial charge in [-0.15, -0.1) is 0 Å². The SMILES string of the molecule is C[C@@H]1/C=C\CCc2ccccc2C(=O)O[C@@H]2C[C@@H](CC1)O[C@@](O)([C@@H]1CSC(=O)N1)C2. The summed E-state index contributed by atoms with van der Waals surface area (Å²) in [5.41, 5.74) is 1.54. The number of nitrogens with one attached hydrogen (secondary N) is 1. The second kappa shape index (κ2) is 9.12. The number of carbonyl (C=O) groups is 2. The zero-order chi connectivity index (χ0) is 21.1. The Morgan fingerprint density at radius 1 is 1.20 bits per heavy atom. The van der Waals surface area contributed by atoms with Crippen LogP contribution >= 0.6 is 11.8 Å². The molecule has 3 aliphatic rings. The molecule has 6 nitrogen and oxygen atoms in total.